The second-order valence-electron chi connectivity index (χ2n) is 7.13. The number of aromatic nitrogens is 1. The van der Waals surface area contributed by atoms with Crippen LogP contribution in [0, 0.1) is 0 Å². The number of anilines is 2. The molecule has 0 bridgehead atoms. The molecule has 1 saturated carbocycles. The smallest absolute Gasteiger partial charge is 0.270 e. The van der Waals surface area contributed by atoms with Crippen molar-refractivity contribution in [2.45, 2.75) is 44.6 Å². The van der Waals surface area contributed by atoms with E-state index in [1.54, 1.807) is 33.6 Å². The Bertz CT molecular complexity index is 790. The molecule has 0 unspecified atom stereocenters. The van der Waals surface area contributed by atoms with Crippen LogP contribution in [0.3, 0.4) is 0 Å². The van der Waals surface area contributed by atoms with Gasteiger partial charge in [0.1, 0.15) is 5.69 Å². The van der Waals surface area contributed by atoms with Gasteiger partial charge in [0.25, 0.3) is 5.91 Å². The van der Waals surface area contributed by atoms with E-state index >= 15 is 0 Å². The summed E-state index contributed by atoms with van der Waals surface area (Å²) in [6, 6.07) is 7.44. The predicted octanol–water partition coefficient (Wildman–Crippen LogP) is 4.30. The highest BCUT2D eigenvalue weighted by atomic mass is 16.5. The summed E-state index contributed by atoms with van der Waals surface area (Å²) < 4.78 is 16.1. The quantitative estimate of drug-likeness (QED) is 0.676. The third-order valence-corrected chi connectivity index (χ3v) is 5.14. The van der Waals surface area contributed by atoms with Crippen LogP contribution in [0.4, 0.5) is 11.4 Å². The number of pyridine rings is 1. The maximum absolute atomic E-state index is 12.5. The standard InChI is InChI=1S/C22H29N3O4/c1-27-19-12-17(13-20(28-2)21(19)29-3)24-16-10-11-18(23-14-16)22(26)25-15-8-6-4-5-7-9-15/h10-15,24H,4-9H2,1-3H3,(H,25,26). The maximum Gasteiger partial charge on any atom is 0.270 e. The zero-order valence-electron chi connectivity index (χ0n) is 17.3. The lowest BCUT2D eigenvalue weighted by Gasteiger charge is -2.16. The van der Waals surface area contributed by atoms with E-state index in [1.165, 1.54) is 25.7 Å². The lowest BCUT2D eigenvalue weighted by atomic mass is 10.1. The molecule has 2 N–H and O–H groups in total. The number of hydrogen-bond donors (Lipinski definition) is 2. The normalized spacial score (nSPS) is 14.6. The third-order valence-electron chi connectivity index (χ3n) is 5.14. The summed E-state index contributed by atoms with van der Waals surface area (Å²) in [6.07, 6.45) is 8.61. The van der Waals surface area contributed by atoms with Gasteiger partial charge in [0, 0.05) is 23.9 Å². The average molecular weight is 399 g/mol. The Hall–Kier alpha value is -2.96. The van der Waals surface area contributed by atoms with Crippen molar-refractivity contribution >= 4 is 17.3 Å². The van der Waals surface area contributed by atoms with Crippen molar-refractivity contribution in [1.82, 2.24) is 10.3 Å². The van der Waals surface area contributed by atoms with Gasteiger partial charge in [-0.15, -0.1) is 0 Å². The summed E-state index contributed by atoms with van der Waals surface area (Å²) in [4.78, 5) is 16.8. The molecule has 7 heteroatoms. The van der Waals surface area contributed by atoms with Gasteiger partial charge in [-0.3, -0.25) is 4.79 Å². The summed E-state index contributed by atoms with van der Waals surface area (Å²) in [7, 11) is 4.71. The minimum Gasteiger partial charge on any atom is -0.493 e. The number of carbonyl (C=O) groups excluding carboxylic acids is 1. The van der Waals surface area contributed by atoms with Crippen LogP contribution >= 0.6 is 0 Å². The molecule has 1 amide bonds. The van der Waals surface area contributed by atoms with E-state index < -0.39 is 0 Å². The van der Waals surface area contributed by atoms with Gasteiger partial charge in [0.05, 0.1) is 33.2 Å². The second kappa shape index (κ2) is 10.0. The van der Waals surface area contributed by atoms with Crippen LogP contribution in [0.2, 0.25) is 0 Å². The van der Waals surface area contributed by atoms with E-state index in [0.29, 0.717) is 22.9 Å². The van der Waals surface area contributed by atoms with E-state index in [1.807, 2.05) is 18.2 Å². The van der Waals surface area contributed by atoms with Crippen LogP contribution in [0.25, 0.3) is 0 Å². The number of amides is 1. The number of rotatable bonds is 7. The number of carbonyl (C=O) groups is 1. The zero-order chi connectivity index (χ0) is 20.6. The van der Waals surface area contributed by atoms with E-state index in [-0.39, 0.29) is 11.9 Å². The van der Waals surface area contributed by atoms with Gasteiger partial charge in [-0.05, 0) is 25.0 Å². The van der Waals surface area contributed by atoms with Gasteiger partial charge in [-0.1, -0.05) is 25.7 Å². The molecular formula is C22H29N3O4. The number of benzene rings is 1. The molecule has 1 aromatic carbocycles. The summed E-state index contributed by atoms with van der Waals surface area (Å²) in [6.45, 7) is 0. The number of ether oxygens (including phenoxy) is 3. The molecule has 0 radical (unpaired) electrons. The topological polar surface area (TPSA) is 81.7 Å². The molecule has 156 valence electrons. The van der Waals surface area contributed by atoms with Gasteiger partial charge in [0.15, 0.2) is 11.5 Å². The Morgan fingerprint density at radius 2 is 1.59 bits per heavy atom. The molecule has 0 saturated heterocycles. The molecule has 1 aliphatic rings. The third kappa shape index (κ3) is 5.31. The maximum atomic E-state index is 12.5. The van der Waals surface area contributed by atoms with Crippen molar-refractivity contribution in [3.63, 3.8) is 0 Å². The molecule has 3 rings (SSSR count). The first kappa shape index (κ1) is 20.8. The Morgan fingerprint density at radius 1 is 0.931 bits per heavy atom. The largest absolute Gasteiger partial charge is 0.493 e. The van der Waals surface area contributed by atoms with Crippen LogP contribution in [0.1, 0.15) is 49.0 Å². The molecule has 2 aromatic rings. The molecule has 1 heterocycles. The van der Waals surface area contributed by atoms with Gasteiger partial charge < -0.3 is 24.8 Å². The van der Waals surface area contributed by atoms with Gasteiger partial charge in [-0.25, -0.2) is 4.98 Å². The Balaban J connectivity index is 1.68. The minimum absolute atomic E-state index is 0.115. The predicted molar refractivity (Wildman–Crippen MR) is 113 cm³/mol. The molecule has 0 atom stereocenters. The first-order valence-corrected chi connectivity index (χ1v) is 9.98. The van der Waals surface area contributed by atoms with Gasteiger partial charge >= 0.3 is 0 Å². The molecule has 0 spiro atoms. The first-order chi connectivity index (χ1) is 14.1. The van der Waals surface area contributed by atoms with Crippen molar-refractivity contribution in [3.8, 4) is 17.2 Å². The van der Waals surface area contributed by atoms with E-state index in [4.69, 9.17) is 14.2 Å². The van der Waals surface area contributed by atoms with Crippen molar-refractivity contribution in [2.75, 3.05) is 26.6 Å². The van der Waals surface area contributed by atoms with Crippen LogP contribution in [-0.4, -0.2) is 38.3 Å². The molecule has 7 nitrogen and oxygen atoms in total. The SMILES string of the molecule is COc1cc(Nc2ccc(C(=O)NC3CCCCCC3)nc2)cc(OC)c1OC. The van der Waals surface area contributed by atoms with Crippen molar-refractivity contribution in [1.29, 1.82) is 0 Å². The number of nitrogens with zero attached hydrogens (tertiary/aromatic N) is 1. The summed E-state index contributed by atoms with van der Waals surface area (Å²) >= 11 is 0. The van der Waals surface area contributed by atoms with Gasteiger partial charge in [0.2, 0.25) is 5.75 Å². The van der Waals surface area contributed by atoms with E-state index in [0.717, 1.165) is 24.2 Å². The van der Waals surface area contributed by atoms with E-state index in [2.05, 4.69) is 15.6 Å². The number of methoxy groups -OCH3 is 3. The lowest BCUT2D eigenvalue weighted by Crippen LogP contribution is -2.34. The Kier molecular flexibility index (Phi) is 7.16. The highest BCUT2D eigenvalue weighted by Crippen LogP contribution is 2.40. The van der Waals surface area contributed by atoms with Gasteiger partial charge in [-0.2, -0.15) is 0 Å². The van der Waals surface area contributed by atoms with Crippen molar-refractivity contribution in [2.24, 2.45) is 0 Å². The average Bonchev–Trinajstić information content (AvgIpc) is 3.02. The fraction of sp³-hybridized carbons (Fsp3) is 0.455. The van der Waals surface area contributed by atoms with Crippen LogP contribution in [-0.2, 0) is 0 Å². The second-order valence-corrected chi connectivity index (χ2v) is 7.13. The molecule has 0 aliphatic heterocycles. The van der Waals surface area contributed by atoms with Crippen LogP contribution in [0.15, 0.2) is 30.5 Å². The Morgan fingerprint density at radius 3 is 2.10 bits per heavy atom. The van der Waals surface area contributed by atoms with Crippen molar-refractivity contribution in [3.05, 3.63) is 36.2 Å². The minimum atomic E-state index is -0.115. The lowest BCUT2D eigenvalue weighted by molar-refractivity contribution is 0.0928. The number of hydrogen-bond acceptors (Lipinski definition) is 6. The number of nitrogens with one attached hydrogen (secondary N) is 2. The summed E-state index contributed by atoms with van der Waals surface area (Å²) in [5, 5.41) is 6.37. The van der Waals surface area contributed by atoms with Crippen molar-refractivity contribution < 1.29 is 19.0 Å². The molecule has 1 fully saturated rings. The molecule has 1 aromatic heterocycles. The zero-order valence-corrected chi connectivity index (χ0v) is 17.3. The molecule has 29 heavy (non-hydrogen) atoms. The fourth-order valence-corrected chi connectivity index (χ4v) is 3.61. The first-order valence-electron chi connectivity index (χ1n) is 9.98. The summed E-state index contributed by atoms with van der Waals surface area (Å²) in [5.41, 5.74) is 1.94. The highest BCUT2D eigenvalue weighted by molar-refractivity contribution is 5.92. The fourth-order valence-electron chi connectivity index (χ4n) is 3.61. The van der Waals surface area contributed by atoms with Crippen LogP contribution in [0.5, 0.6) is 17.2 Å². The van der Waals surface area contributed by atoms with E-state index in [9.17, 15) is 4.79 Å². The summed E-state index contributed by atoms with van der Waals surface area (Å²) in [5.74, 6) is 1.53. The monoisotopic (exact) mass is 399 g/mol. The molecule has 1 aliphatic carbocycles. The molecular weight excluding hydrogens is 370 g/mol. The van der Waals surface area contributed by atoms with Crippen LogP contribution < -0.4 is 24.8 Å². The highest BCUT2D eigenvalue weighted by Gasteiger charge is 2.17. The Labute approximate surface area is 171 Å².